The van der Waals surface area contributed by atoms with E-state index in [9.17, 15) is 19.2 Å². The van der Waals surface area contributed by atoms with Crippen molar-refractivity contribution in [1.29, 1.82) is 0 Å². The first-order chi connectivity index (χ1) is 20.3. The summed E-state index contributed by atoms with van der Waals surface area (Å²) in [6.07, 6.45) is 5.08. The first-order valence-corrected chi connectivity index (χ1v) is 16.2. The average Bonchev–Trinajstić information content (AvgIpc) is 3.76. The van der Waals surface area contributed by atoms with E-state index in [1.807, 2.05) is 45.0 Å². The number of nitrogens with zero attached hydrogens (tertiary/aromatic N) is 1. The average molecular weight is 659 g/mol. The maximum Gasteiger partial charge on any atom is 0.312 e. The molecule has 1 aromatic rings. The predicted molar refractivity (Wildman–Crippen MR) is 163 cm³/mol. The van der Waals surface area contributed by atoms with Gasteiger partial charge in [0, 0.05) is 23.9 Å². The molecular formula is C34H44BrNO7. The number of benzene rings is 1. The highest BCUT2D eigenvalue weighted by molar-refractivity contribution is 9.10. The van der Waals surface area contributed by atoms with Gasteiger partial charge in [0.05, 0.1) is 43.6 Å². The van der Waals surface area contributed by atoms with Gasteiger partial charge >= 0.3 is 11.9 Å². The number of likely N-dealkylation sites (tertiary alicyclic amines) is 1. The fourth-order valence-corrected chi connectivity index (χ4v) is 7.43. The summed E-state index contributed by atoms with van der Waals surface area (Å²) in [4.78, 5) is 55.6. The lowest BCUT2D eigenvalue weighted by atomic mass is 9.77. The molecule has 1 saturated heterocycles. The summed E-state index contributed by atoms with van der Waals surface area (Å²) in [6.45, 7) is 10.2. The van der Waals surface area contributed by atoms with Crippen molar-refractivity contribution in [2.75, 3.05) is 13.7 Å². The van der Waals surface area contributed by atoms with Gasteiger partial charge in [-0.3, -0.25) is 19.2 Å². The van der Waals surface area contributed by atoms with Gasteiger partial charge in [-0.15, -0.1) is 6.58 Å². The number of amides is 1. The van der Waals surface area contributed by atoms with Gasteiger partial charge in [-0.1, -0.05) is 54.9 Å². The minimum atomic E-state index is -0.937. The molecule has 4 aliphatic rings. The normalized spacial score (nSPS) is 31.6. The first-order valence-electron chi connectivity index (χ1n) is 15.4. The van der Waals surface area contributed by atoms with Crippen LogP contribution < -0.4 is 0 Å². The predicted octanol–water partition coefficient (Wildman–Crippen LogP) is 5.65. The first kappa shape index (κ1) is 31.9. The maximum atomic E-state index is 14.3. The number of carbonyl (C=O) groups excluding carboxylic acids is 4. The van der Waals surface area contributed by atoms with Crippen LogP contribution in [0.3, 0.4) is 0 Å². The largest absolute Gasteiger partial charge is 0.469 e. The highest BCUT2D eigenvalue weighted by Gasteiger charge is 2.61. The highest BCUT2D eigenvalue weighted by Crippen LogP contribution is 2.57. The summed E-state index contributed by atoms with van der Waals surface area (Å²) in [5, 5.41) is 0. The minimum Gasteiger partial charge on any atom is -0.469 e. The van der Waals surface area contributed by atoms with Crippen molar-refractivity contribution in [3.63, 3.8) is 0 Å². The lowest BCUT2D eigenvalue weighted by Crippen LogP contribution is -2.48. The molecule has 43 heavy (non-hydrogen) atoms. The molecule has 3 saturated carbocycles. The van der Waals surface area contributed by atoms with E-state index in [4.69, 9.17) is 14.2 Å². The molecule has 0 radical (unpaired) electrons. The topological polar surface area (TPSA) is 99.2 Å². The Kier molecular flexibility index (Phi) is 9.25. The number of esters is 2. The zero-order chi connectivity index (χ0) is 31.1. The molecule has 0 aromatic heterocycles. The van der Waals surface area contributed by atoms with E-state index in [0.29, 0.717) is 31.3 Å². The van der Waals surface area contributed by atoms with Crippen LogP contribution in [0.25, 0.3) is 0 Å². The Bertz CT molecular complexity index is 1250. The molecule has 1 aliphatic heterocycles. The maximum absolute atomic E-state index is 14.3. The van der Waals surface area contributed by atoms with E-state index < -0.39 is 28.8 Å². The highest BCUT2D eigenvalue weighted by atomic mass is 79.9. The van der Waals surface area contributed by atoms with Crippen LogP contribution in [-0.2, 0) is 40.0 Å². The van der Waals surface area contributed by atoms with Crippen LogP contribution in [-0.4, -0.2) is 60.4 Å². The zero-order valence-corrected chi connectivity index (χ0v) is 27.3. The molecule has 1 aromatic carbocycles. The van der Waals surface area contributed by atoms with Gasteiger partial charge in [0.1, 0.15) is 6.10 Å². The molecule has 1 amide bonds. The smallest absolute Gasteiger partial charge is 0.312 e. The quantitative estimate of drug-likeness (QED) is 0.211. The molecule has 8 nitrogen and oxygen atoms in total. The summed E-state index contributed by atoms with van der Waals surface area (Å²) in [6, 6.07) is 7.03. The van der Waals surface area contributed by atoms with Gasteiger partial charge in [-0.05, 0) is 66.5 Å². The lowest BCUT2D eigenvalue weighted by Gasteiger charge is -2.35. The third-order valence-corrected chi connectivity index (χ3v) is 10.6. The summed E-state index contributed by atoms with van der Waals surface area (Å²) in [5.41, 5.74) is -0.504. The Labute approximate surface area is 263 Å². The zero-order valence-electron chi connectivity index (χ0n) is 25.7. The molecule has 8 atom stereocenters. The van der Waals surface area contributed by atoms with Crippen molar-refractivity contribution in [3.8, 4) is 0 Å². The van der Waals surface area contributed by atoms with Gasteiger partial charge < -0.3 is 19.1 Å². The van der Waals surface area contributed by atoms with Crippen molar-refractivity contribution in [1.82, 2.24) is 4.90 Å². The van der Waals surface area contributed by atoms with Crippen LogP contribution in [0.2, 0.25) is 0 Å². The van der Waals surface area contributed by atoms with Crippen LogP contribution in [0, 0.1) is 34.5 Å². The van der Waals surface area contributed by atoms with E-state index in [2.05, 4.69) is 22.5 Å². The minimum absolute atomic E-state index is 0.0313. The third kappa shape index (κ3) is 7.08. The van der Waals surface area contributed by atoms with Crippen molar-refractivity contribution >= 4 is 39.6 Å². The van der Waals surface area contributed by atoms with E-state index in [-0.39, 0.29) is 55.2 Å². The van der Waals surface area contributed by atoms with E-state index >= 15 is 0 Å². The Morgan fingerprint density at radius 3 is 2.33 bits per heavy atom. The van der Waals surface area contributed by atoms with Gasteiger partial charge in [0.2, 0.25) is 5.91 Å². The summed E-state index contributed by atoms with van der Waals surface area (Å²) < 4.78 is 18.1. The van der Waals surface area contributed by atoms with Crippen LogP contribution in [0.15, 0.2) is 41.4 Å². The number of hydrogen-bond donors (Lipinski definition) is 0. The van der Waals surface area contributed by atoms with Crippen molar-refractivity contribution in [2.45, 2.75) is 90.6 Å². The number of ketones is 1. The molecule has 1 unspecified atom stereocenters. The molecular weight excluding hydrogens is 614 g/mol. The molecule has 1 heterocycles. The summed E-state index contributed by atoms with van der Waals surface area (Å²) in [5.74, 6) is -0.683. The number of halogens is 1. The lowest BCUT2D eigenvalue weighted by molar-refractivity contribution is -0.157. The summed E-state index contributed by atoms with van der Waals surface area (Å²) >= 11 is 3.44. The Morgan fingerprint density at radius 2 is 1.74 bits per heavy atom. The molecule has 0 bridgehead atoms. The second-order valence-corrected chi connectivity index (χ2v) is 15.0. The van der Waals surface area contributed by atoms with E-state index in [1.165, 1.54) is 13.5 Å². The Morgan fingerprint density at radius 1 is 1.07 bits per heavy atom. The van der Waals surface area contributed by atoms with Crippen molar-refractivity contribution in [2.24, 2.45) is 34.5 Å². The molecule has 5 rings (SSSR count). The number of hydrogen-bond acceptors (Lipinski definition) is 7. The third-order valence-electron chi connectivity index (χ3n) is 10.0. The number of rotatable bonds is 12. The van der Waals surface area contributed by atoms with Crippen LogP contribution in [0.5, 0.6) is 0 Å². The molecule has 3 aliphatic carbocycles. The van der Waals surface area contributed by atoms with Crippen LogP contribution in [0.1, 0.15) is 71.3 Å². The monoisotopic (exact) mass is 657 g/mol. The van der Waals surface area contributed by atoms with E-state index in [1.54, 1.807) is 11.0 Å². The number of ether oxygens (including phenoxy) is 3. The molecule has 234 valence electrons. The molecule has 9 heteroatoms. The number of carbonyl (C=O) groups is 4. The number of methoxy groups -OCH3 is 1. The van der Waals surface area contributed by atoms with Crippen molar-refractivity contribution in [3.05, 3.63) is 47.0 Å². The Hall–Kier alpha value is -2.52. The SMILES string of the molecule is C=C[C@@H]1C[C@]1(CC(=O)[C@@H]1C[C@H](OCc2ccc(Br)cc2)CN1C(=O)[C@H](CC(=O)OC1C[C@@H]2C[C@@H]2C1)C(C)(C)C)C(=O)OC. The Balaban J connectivity index is 1.32. The number of Topliss-reactive ketones (excluding diaryl/α,β-unsaturated/α-hetero) is 1. The second-order valence-electron chi connectivity index (χ2n) is 14.1. The molecule has 4 fully saturated rings. The van der Waals surface area contributed by atoms with Crippen LogP contribution >= 0.6 is 15.9 Å². The number of allylic oxidation sites excluding steroid dienone is 1. The van der Waals surface area contributed by atoms with Gasteiger partial charge in [0.15, 0.2) is 5.78 Å². The fraction of sp³-hybridized carbons (Fsp3) is 0.647. The molecule has 0 N–H and O–H groups in total. The van der Waals surface area contributed by atoms with Gasteiger partial charge in [-0.25, -0.2) is 0 Å². The summed E-state index contributed by atoms with van der Waals surface area (Å²) in [7, 11) is 1.33. The fourth-order valence-electron chi connectivity index (χ4n) is 7.17. The number of fused-ring (bicyclic) bond motifs is 1. The molecule has 0 spiro atoms. The van der Waals surface area contributed by atoms with Crippen molar-refractivity contribution < 1.29 is 33.4 Å². The van der Waals surface area contributed by atoms with Crippen LogP contribution in [0.4, 0.5) is 0 Å². The van der Waals surface area contributed by atoms with E-state index in [0.717, 1.165) is 22.9 Å². The standard InChI is InChI=1S/C34H44BrNO7/c1-6-23-16-34(23,32(40)41-5)17-29(37)28-14-26(42-19-20-7-9-24(35)10-8-20)18-36(28)31(39)27(33(2,3)4)15-30(38)43-25-12-21-11-22(21)13-25/h6-10,21-23,25-28H,1,11-19H2,2-5H3/t21-,22+,23-,25?,26+,27+,28+,34-/m1/s1. The second kappa shape index (κ2) is 12.5. The van der Waals surface area contributed by atoms with Gasteiger partial charge in [0.25, 0.3) is 0 Å². The van der Waals surface area contributed by atoms with Gasteiger partial charge in [-0.2, -0.15) is 0 Å².